The van der Waals surface area contributed by atoms with Gasteiger partial charge in [-0.05, 0) is 45.8 Å². The first-order chi connectivity index (χ1) is 11.0. The summed E-state index contributed by atoms with van der Waals surface area (Å²) in [5.74, 6) is -0.233. The number of hydrogen-bond donors (Lipinski definition) is 1. The smallest absolute Gasteiger partial charge is 0.313 e. The van der Waals surface area contributed by atoms with E-state index in [4.69, 9.17) is 19.6 Å². The minimum absolute atomic E-state index is 0.0151. The summed E-state index contributed by atoms with van der Waals surface area (Å²) in [6, 6.07) is 8.20. The van der Waals surface area contributed by atoms with Crippen LogP contribution in [0.4, 0.5) is 0 Å². The quantitative estimate of drug-likeness (QED) is 0.820. The maximum atomic E-state index is 12.0. The Balaban J connectivity index is 1.83. The summed E-state index contributed by atoms with van der Waals surface area (Å²) in [7, 11) is 0. The molecule has 1 aromatic carbocycles. The summed E-state index contributed by atoms with van der Waals surface area (Å²) in [4.78, 5) is 27.3. The van der Waals surface area contributed by atoms with E-state index in [2.05, 4.69) is 20.9 Å². The molecule has 7 nitrogen and oxygen atoms in total. The second-order valence-electron chi connectivity index (χ2n) is 4.70. The Morgan fingerprint density at radius 3 is 2.65 bits per heavy atom. The van der Waals surface area contributed by atoms with Crippen LogP contribution in [0.15, 0.2) is 44.4 Å². The van der Waals surface area contributed by atoms with Crippen LogP contribution in [0.5, 0.6) is 11.5 Å². The molecule has 0 bridgehead atoms. The molecule has 118 valence electrons. The lowest BCUT2D eigenvalue weighted by Crippen LogP contribution is -2.26. The Bertz CT molecular complexity index is 812. The maximum absolute atomic E-state index is 12.0. The number of benzene rings is 1. The van der Waals surface area contributed by atoms with Crippen molar-refractivity contribution in [2.45, 2.75) is 6.42 Å². The number of nitrogens with zero attached hydrogens (tertiary/aromatic N) is 1. The van der Waals surface area contributed by atoms with E-state index in [1.165, 1.54) is 6.07 Å². The highest BCUT2D eigenvalue weighted by atomic mass is 79.9. The van der Waals surface area contributed by atoms with Crippen molar-refractivity contribution in [3.8, 4) is 11.5 Å². The molecule has 0 aliphatic carbocycles. The van der Waals surface area contributed by atoms with Crippen molar-refractivity contribution >= 4 is 33.5 Å². The Labute approximate surface area is 139 Å². The number of fused-ring (bicyclic) bond motifs is 1. The lowest BCUT2D eigenvalue weighted by molar-refractivity contribution is -0.112. The van der Waals surface area contributed by atoms with Crippen LogP contribution >= 0.6 is 15.9 Å². The van der Waals surface area contributed by atoms with Crippen LogP contribution in [-0.2, 0) is 11.2 Å². The van der Waals surface area contributed by atoms with Gasteiger partial charge in [-0.2, -0.15) is 0 Å². The number of primary amides is 1. The van der Waals surface area contributed by atoms with Gasteiger partial charge in [0.1, 0.15) is 5.71 Å². The van der Waals surface area contributed by atoms with Crippen molar-refractivity contribution in [2.75, 3.05) is 6.79 Å². The van der Waals surface area contributed by atoms with Crippen LogP contribution in [0.1, 0.15) is 16.1 Å². The molecule has 0 saturated heterocycles. The molecule has 1 aromatic heterocycles. The van der Waals surface area contributed by atoms with E-state index < -0.39 is 11.8 Å². The molecule has 0 spiro atoms. The van der Waals surface area contributed by atoms with Gasteiger partial charge in [0.2, 0.25) is 6.79 Å². The van der Waals surface area contributed by atoms with Gasteiger partial charge in [0, 0.05) is 6.42 Å². The first-order valence-electron chi connectivity index (χ1n) is 6.58. The third-order valence-corrected chi connectivity index (χ3v) is 3.54. The number of ether oxygens (including phenoxy) is 2. The number of carbonyl (C=O) groups is 2. The number of hydrogen-bond acceptors (Lipinski definition) is 5. The van der Waals surface area contributed by atoms with Crippen molar-refractivity contribution in [3.63, 3.8) is 0 Å². The molecule has 23 heavy (non-hydrogen) atoms. The van der Waals surface area contributed by atoms with Gasteiger partial charge in [0.05, 0.1) is 0 Å². The molecule has 0 saturated carbocycles. The minimum Gasteiger partial charge on any atom is -0.454 e. The summed E-state index contributed by atoms with van der Waals surface area (Å²) >= 11 is 3.09. The molecule has 2 heterocycles. The number of carbonyl (C=O) groups excluding carboxylic acids is 2. The highest BCUT2D eigenvalue weighted by Crippen LogP contribution is 2.32. The van der Waals surface area contributed by atoms with Crippen molar-refractivity contribution in [1.82, 2.24) is 0 Å². The molecular formula is C15H11BrN2O5. The number of aliphatic imine (C=N–C) groups is 1. The number of furan rings is 1. The van der Waals surface area contributed by atoms with E-state index in [-0.39, 0.29) is 24.7 Å². The predicted molar refractivity (Wildman–Crippen MR) is 83.6 cm³/mol. The van der Waals surface area contributed by atoms with E-state index in [0.717, 1.165) is 5.56 Å². The van der Waals surface area contributed by atoms with E-state index in [1.54, 1.807) is 24.3 Å². The molecule has 2 N–H and O–H groups in total. The Morgan fingerprint density at radius 2 is 1.96 bits per heavy atom. The van der Waals surface area contributed by atoms with Crippen LogP contribution in [0.3, 0.4) is 0 Å². The molecule has 8 heteroatoms. The third kappa shape index (κ3) is 3.42. The summed E-state index contributed by atoms with van der Waals surface area (Å²) in [6.45, 7) is 0.154. The molecule has 0 radical (unpaired) electrons. The van der Waals surface area contributed by atoms with Gasteiger partial charge < -0.3 is 19.6 Å². The predicted octanol–water partition coefficient (Wildman–Crippen LogP) is 2.08. The minimum atomic E-state index is -0.776. The Morgan fingerprint density at radius 1 is 1.17 bits per heavy atom. The third-order valence-electron chi connectivity index (χ3n) is 3.11. The van der Waals surface area contributed by atoms with Gasteiger partial charge in [0.25, 0.3) is 5.91 Å². The van der Waals surface area contributed by atoms with Crippen LogP contribution in [0, 0.1) is 0 Å². The van der Waals surface area contributed by atoms with Gasteiger partial charge in [-0.15, -0.1) is 0 Å². The number of amides is 2. The number of nitrogens with two attached hydrogens (primary N) is 1. The van der Waals surface area contributed by atoms with Gasteiger partial charge in [-0.1, -0.05) is 6.07 Å². The van der Waals surface area contributed by atoms with E-state index in [9.17, 15) is 9.59 Å². The average molecular weight is 379 g/mol. The molecule has 0 atom stereocenters. The summed E-state index contributed by atoms with van der Waals surface area (Å²) in [5.41, 5.74) is 5.97. The van der Waals surface area contributed by atoms with E-state index in [1.807, 2.05) is 0 Å². The van der Waals surface area contributed by atoms with Crippen molar-refractivity contribution < 1.29 is 23.5 Å². The second-order valence-corrected chi connectivity index (χ2v) is 5.48. The molecule has 0 fully saturated rings. The maximum Gasteiger partial charge on any atom is 0.313 e. The van der Waals surface area contributed by atoms with Crippen LogP contribution in [-0.4, -0.2) is 24.3 Å². The zero-order chi connectivity index (χ0) is 16.4. The van der Waals surface area contributed by atoms with Crippen LogP contribution < -0.4 is 15.2 Å². The van der Waals surface area contributed by atoms with Crippen LogP contribution in [0.2, 0.25) is 0 Å². The first-order valence-corrected chi connectivity index (χ1v) is 7.38. The van der Waals surface area contributed by atoms with E-state index >= 15 is 0 Å². The molecule has 1 aliphatic heterocycles. The van der Waals surface area contributed by atoms with Gasteiger partial charge >= 0.3 is 5.91 Å². The Kier molecular flexibility index (Phi) is 4.16. The van der Waals surface area contributed by atoms with Crippen molar-refractivity contribution in [2.24, 2.45) is 10.7 Å². The van der Waals surface area contributed by atoms with Crippen molar-refractivity contribution in [1.29, 1.82) is 0 Å². The summed E-state index contributed by atoms with van der Waals surface area (Å²) < 4.78 is 16.0. The zero-order valence-corrected chi connectivity index (χ0v) is 13.3. The summed E-state index contributed by atoms with van der Waals surface area (Å²) in [5, 5.41) is 0. The molecular weight excluding hydrogens is 368 g/mol. The van der Waals surface area contributed by atoms with Gasteiger partial charge in [-0.25, -0.2) is 4.99 Å². The molecule has 3 rings (SSSR count). The lowest BCUT2D eigenvalue weighted by atomic mass is 10.1. The average Bonchev–Trinajstić information content (AvgIpc) is 3.14. The molecule has 2 aromatic rings. The molecule has 2 amide bonds. The summed E-state index contributed by atoms with van der Waals surface area (Å²) in [6.07, 6.45) is 0.0968. The van der Waals surface area contributed by atoms with Crippen molar-refractivity contribution in [3.05, 3.63) is 46.3 Å². The zero-order valence-electron chi connectivity index (χ0n) is 11.7. The highest BCUT2D eigenvalue weighted by molar-refractivity contribution is 9.10. The number of halogens is 1. The van der Waals surface area contributed by atoms with E-state index in [0.29, 0.717) is 16.2 Å². The first kappa shape index (κ1) is 15.3. The fourth-order valence-corrected chi connectivity index (χ4v) is 2.34. The monoisotopic (exact) mass is 378 g/mol. The van der Waals surface area contributed by atoms with Gasteiger partial charge in [-0.3, -0.25) is 9.59 Å². The second kappa shape index (κ2) is 6.25. The number of rotatable bonds is 4. The standard InChI is InChI=1S/C15H11BrN2O5/c16-13-4-3-11(23-13)15(20)18-9(14(17)19)5-8-1-2-10-12(6-8)22-7-21-10/h1-4,6H,5,7H2,(H2,17,19). The van der Waals surface area contributed by atoms with Gasteiger partial charge in [0.15, 0.2) is 21.9 Å². The largest absolute Gasteiger partial charge is 0.454 e. The SMILES string of the molecule is NC(=O)C(Cc1ccc2c(c1)OCO2)=NC(=O)c1ccc(Br)o1. The molecule has 1 aliphatic rings. The highest BCUT2D eigenvalue weighted by Gasteiger charge is 2.18. The topological polar surface area (TPSA) is 104 Å². The molecule has 0 unspecified atom stereocenters. The fraction of sp³-hybridized carbons (Fsp3) is 0.133. The fourth-order valence-electron chi connectivity index (χ4n) is 2.03. The van der Waals surface area contributed by atoms with Crippen LogP contribution in [0.25, 0.3) is 0 Å². The lowest BCUT2D eigenvalue weighted by Gasteiger charge is -2.04. The Hall–Kier alpha value is -2.61. The normalized spacial score (nSPS) is 13.2.